The van der Waals surface area contributed by atoms with E-state index in [0.717, 1.165) is 24.5 Å². The molecule has 0 aromatic heterocycles. The van der Waals surface area contributed by atoms with Gasteiger partial charge >= 0.3 is 0 Å². The van der Waals surface area contributed by atoms with Crippen LogP contribution in [0.5, 0.6) is 17.2 Å². The van der Waals surface area contributed by atoms with E-state index < -0.39 is 11.8 Å². The number of hydrogen-bond acceptors (Lipinski definition) is 6. The van der Waals surface area contributed by atoms with Crippen LogP contribution in [0.3, 0.4) is 0 Å². The van der Waals surface area contributed by atoms with Crippen LogP contribution in [0.15, 0.2) is 29.3 Å². The summed E-state index contributed by atoms with van der Waals surface area (Å²) in [6.07, 6.45) is 9.76. The molecule has 0 unspecified atom stereocenters. The van der Waals surface area contributed by atoms with Gasteiger partial charge in [-0.05, 0) is 62.5 Å². The molecule has 0 spiro atoms. The molecule has 0 aliphatic carbocycles. The highest BCUT2D eigenvalue weighted by atomic mass is 35.5. The molecule has 3 rings (SSSR count). The molecule has 2 aliphatic rings. The summed E-state index contributed by atoms with van der Waals surface area (Å²) in [5.74, 6) is 0.698. The lowest BCUT2D eigenvalue weighted by Crippen LogP contribution is -2.35. The number of piperidine rings is 1. The van der Waals surface area contributed by atoms with Crippen LogP contribution in [0.2, 0.25) is 0 Å². The van der Waals surface area contributed by atoms with Gasteiger partial charge in [-0.25, -0.2) is 0 Å². The number of amides is 2. The summed E-state index contributed by atoms with van der Waals surface area (Å²) in [6, 6.07) is 3.55. The quantitative estimate of drug-likeness (QED) is 0.546. The molecule has 32 heavy (non-hydrogen) atoms. The molecule has 0 atom stereocenters. The maximum atomic E-state index is 12.6. The van der Waals surface area contributed by atoms with E-state index in [9.17, 15) is 9.59 Å². The molecule has 7 nitrogen and oxygen atoms in total. The van der Waals surface area contributed by atoms with Crippen molar-refractivity contribution in [3.63, 3.8) is 0 Å². The average molecular weight is 463 g/mol. The largest absolute Gasteiger partial charge is 0.493 e. The van der Waals surface area contributed by atoms with Gasteiger partial charge in [-0.15, -0.1) is 0 Å². The van der Waals surface area contributed by atoms with Crippen LogP contribution in [0.4, 0.5) is 0 Å². The predicted octanol–water partition coefficient (Wildman–Crippen LogP) is 3.85. The summed E-state index contributed by atoms with van der Waals surface area (Å²) >= 11 is 5.96. The average Bonchev–Trinajstić information content (AvgIpc) is 2.99. The zero-order chi connectivity index (χ0) is 22.9. The zero-order valence-electron chi connectivity index (χ0n) is 18.8. The Morgan fingerprint density at radius 1 is 1.06 bits per heavy atom. The molecule has 2 heterocycles. The highest BCUT2D eigenvalue weighted by molar-refractivity contribution is 6.43. The second-order valence-electron chi connectivity index (χ2n) is 7.83. The Labute approximate surface area is 194 Å². The van der Waals surface area contributed by atoms with Gasteiger partial charge in [0.2, 0.25) is 5.75 Å². The van der Waals surface area contributed by atoms with E-state index in [1.807, 2.05) is 0 Å². The number of likely N-dealkylation sites (tertiary alicyclic amines) is 1. The highest BCUT2D eigenvalue weighted by Crippen LogP contribution is 2.39. The van der Waals surface area contributed by atoms with Crippen molar-refractivity contribution in [2.45, 2.75) is 32.1 Å². The molecule has 2 amide bonds. The summed E-state index contributed by atoms with van der Waals surface area (Å²) in [7, 11) is 3.13. The Morgan fingerprint density at radius 2 is 1.75 bits per heavy atom. The Hall–Kier alpha value is -2.51. The fourth-order valence-corrected chi connectivity index (χ4v) is 4.07. The molecule has 174 valence electrons. The SMILES string of the molecule is COc1cc(/C=C/C(=O)N2CCCC=C(Cl)C2=O)cc(OC)c1OCCN1CCCCC1. The van der Waals surface area contributed by atoms with E-state index >= 15 is 0 Å². The van der Waals surface area contributed by atoms with Crippen molar-refractivity contribution in [3.05, 3.63) is 34.9 Å². The topological polar surface area (TPSA) is 68.3 Å². The summed E-state index contributed by atoms with van der Waals surface area (Å²) in [6.45, 7) is 3.94. The number of carbonyl (C=O) groups is 2. The zero-order valence-corrected chi connectivity index (χ0v) is 19.5. The third-order valence-electron chi connectivity index (χ3n) is 5.63. The highest BCUT2D eigenvalue weighted by Gasteiger charge is 2.23. The van der Waals surface area contributed by atoms with E-state index in [4.69, 9.17) is 25.8 Å². The number of allylic oxidation sites excluding steroid dienone is 1. The molecule has 1 aromatic carbocycles. The van der Waals surface area contributed by atoms with Crippen LogP contribution >= 0.6 is 11.6 Å². The number of ether oxygens (including phenoxy) is 3. The minimum absolute atomic E-state index is 0.0821. The molecule has 1 saturated heterocycles. The first kappa shape index (κ1) is 24.1. The van der Waals surface area contributed by atoms with E-state index in [1.54, 1.807) is 38.5 Å². The number of imide groups is 1. The first-order chi connectivity index (χ1) is 15.5. The Balaban J connectivity index is 1.69. The van der Waals surface area contributed by atoms with Crippen molar-refractivity contribution in [2.24, 2.45) is 0 Å². The minimum Gasteiger partial charge on any atom is -0.493 e. The molecule has 2 aliphatic heterocycles. The Kier molecular flexibility index (Phi) is 9.00. The van der Waals surface area contributed by atoms with Crippen LogP contribution in [-0.2, 0) is 9.59 Å². The minimum atomic E-state index is -0.466. The van der Waals surface area contributed by atoms with Crippen LogP contribution in [0.25, 0.3) is 6.08 Å². The van der Waals surface area contributed by atoms with Crippen LogP contribution < -0.4 is 14.2 Å². The lowest BCUT2D eigenvalue weighted by Gasteiger charge is -2.26. The van der Waals surface area contributed by atoms with Crippen LogP contribution in [-0.4, -0.2) is 68.6 Å². The monoisotopic (exact) mass is 462 g/mol. The molecule has 0 N–H and O–H groups in total. The normalized spacial score (nSPS) is 17.8. The Bertz CT molecular complexity index is 852. The smallest absolute Gasteiger partial charge is 0.271 e. The van der Waals surface area contributed by atoms with Crippen molar-refractivity contribution < 1.29 is 23.8 Å². The first-order valence-electron chi connectivity index (χ1n) is 11.0. The van der Waals surface area contributed by atoms with Gasteiger partial charge in [-0.2, -0.15) is 0 Å². The van der Waals surface area contributed by atoms with E-state index in [0.29, 0.717) is 48.8 Å². The maximum Gasteiger partial charge on any atom is 0.271 e. The molecular weight excluding hydrogens is 432 g/mol. The summed E-state index contributed by atoms with van der Waals surface area (Å²) in [5.41, 5.74) is 0.694. The van der Waals surface area contributed by atoms with E-state index in [-0.39, 0.29) is 5.03 Å². The third-order valence-corrected chi connectivity index (χ3v) is 5.94. The van der Waals surface area contributed by atoms with Gasteiger partial charge in [0.25, 0.3) is 11.8 Å². The molecule has 0 saturated carbocycles. The summed E-state index contributed by atoms with van der Waals surface area (Å²) in [5, 5.41) is 0.0821. The van der Waals surface area contributed by atoms with Gasteiger partial charge in [0.05, 0.1) is 14.2 Å². The fourth-order valence-electron chi connectivity index (χ4n) is 3.86. The van der Waals surface area contributed by atoms with Gasteiger partial charge in [0.1, 0.15) is 11.6 Å². The van der Waals surface area contributed by atoms with Crippen molar-refractivity contribution in [1.29, 1.82) is 0 Å². The number of benzene rings is 1. The lowest BCUT2D eigenvalue weighted by atomic mass is 10.1. The van der Waals surface area contributed by atoms with Crippen LogP contribution in [0, 0.1) is 0 Å². The maximum absolute atomic E-state index is 12.6. The fraction of sp³-hybridized carbons (Fsp3) is 0.500. The van der Waals surface area contributed by atoms with Crippen LogP contribution in [0.1, 0.15) is 37.7 Å². The first-order valence-corrected chi connectivity index (χ1v) is 11.4. The molecule has 8 heteroatoms. The van der Waals surface area contributed by atoms with Gasteiger partial charge in [-0.1, -0.05) is 24.1 Å². The number of methoxy groups -OCH3 is 2. The van der Waals surface area contributed by atoms with Gasteiger partial charge < -0.3 is 14.2 Å². The van der Waals surface area contributed by atoms with Crippen molar-refractivity contribution >= 4 is 29.5 Å². The second-order valence-corrected chi connectivity index (χ2v) is 8.24. The molecule has 1 aromatic rings. The second kappa shape index (κ2) is 11.9. The van der Waals surface area contributed by atoms with E-state index in [2.05, 4.69) is 4.90 Å². The van der Waals surface area contributed by atoms with Gasteiger partial charge in [0.15, 0.2) is 11.5 Å². The predicted molar refractivity (Wildman–Crippen MR) is 124 cm³/mol. The molecular formula is C24H31ClN2O5. The Morgan fingerprint density at radius 3 is 2.41 bits per heavy atom. The number of rotatable bonds is 8. The molecule has 0 radical (unpaired) electrons. The van der Waals surface area contributed by atoms with Crippen molar-refractivity contribution in [1.82, 2.24) is 9.80 Å². The summed E-state index contributed by atoms with van der Waals surface area (Å²) in [4.78, 5) is 28.4. The van der Waals surface area contributed by atoms with Gasteiger partial charge in [-0.3, -0.25) is 19.4 Å². The standard InChI is InChI=1S/C24H31ClN2O5/c1-30-20-16-18(9-10-22(28)27-13-7-4-8-19(25)24(27)29)17-21(31-2)23(20)32-15-14-26-11-5-3-6-12-26/h8-10,16-17H,3-7,11-15H2,1-2H3/b10-9+. The van der Waals surface area contributed by atoms with Gasteiger partial charge in [0, 0.05) is 19.2 Å². The third kappa shape index (κ3) is 6.26. The molecule has 1 fully saturated rings. The number of hydrogen-bond donors (Lipinski definition) is 0. The number of nitrogens with zero attached hydrogens (tertiary/aromatic N) is 2. The number of halogens is 1. The molecule has 0 bridgehead atoms. The van der Waals surface area contributed by atoms with E-state index in [1.165, 1.54) is 25.3 Å². The van der Waals surface area contributed by atoms with Crippen molar-refractivity contribution in [3.8, 4) is 17.2 Å². The number of carbonyl (C=O) groups excluding carboxylic acids is 2. The lowest BCUT2D eigenvalue weighted by molar-refractivity contribution is -0.138. The van der Waals surface area contributed by atoms with Crippen molar-refractivity contribution in [2.75, 3.05) is 47.0 Å². The summed E-state index contributed by atoms with van der Waals surface area (Å²) < 4.78 is 17.0.